The molecule has 5 heteroatoms. The van der Waals surface area contributed by atoms with E-state index in [0.29, 0.717) is 0 Å². The lowest BCUT2D eigenvalue weighted by molar-refractivity contribution is -0.151. The second-order valence-electron chi connectivity index (χ2n) is 2.82. The van der Waals surface area contributed by atoms with Gasteiger partial charge in [-0.25, -0.2) is 4.79 Å². The molecule has 1 heterocycles. The number of cyclic esters (lactones) is 1. The number of esters is 2. The summed E-state index contributed by atoms with van der Waals surface area (Å²) < 4.78 is 9.28. The van der Waals surface area contributed by atoms with Crippen LogP contribution < -0.4 is 0 Å². The Hall–Kier alpha value is -1.03. The van der Waals surface area contributed by atoms with Crippen LogP contribution in [0.15, 0.2) is 12.2 Å². The van der Waals surface area contributed by atoms with Gasteiger partial charge in [-0.15, -0.1) is 11.6 Å². The van der Waals surface area contributed by atoms with Crippen molar-refractivity contribution >= 4 is 23.5 Å². The highest BCUT2D eigenvalue weighted by Crippen LogP contribution is 2.27. The van der Waals surface area contributed by atoms with Gasteiger partial charge in [0.2, 0.25) is 0 Å². The van der Waals surface area contributed by atoms with Crippen LogP contribution >= 0.6 is 11.6 Å². The molecule has 0 N–H and O–H groups in total. The smallest absolute Gasteiger partial charge is 0.331 e. The van der Waals surface area contributed by atoms with Gasteiger partial charge in [0.05, 0.1) is 7.11 Å². The van der Waals surface area contributed by atoms with Crippen LogP contribution in [0.1, 0.15) is 6.92 Å². The van der Waals surface area contributed by atoms with Gasteiger partial charge in [0.25, 0.3) is 0 Å². The van der Waals surface area contributed by atoms with Crippen molar-refractivity contribution < 1.29 is 19.1 Å². The summed E-state index contributed by atoms with van der Waals surface area (Å²) in [7, 11) is 1.22. The molecule has 0 fully saturated rings. The third-order valence-corrected chi connectivity index (χ3v) is 2.39. The monoisotopic (exact) mass is 204 g/mol. The number of hydrogen-bond acceptors (Lipinski definition) is 4. The van der Waals surface area contributed by atoms with Crippen LogP contribution in [-0.2, 0) is 19.1 Å². The summed E-state index contributed by atoms with van der Waals surface area (Å²) in [6.07, 6.45) is 2.68. The number of carbonyl (C=O) groups is 2. The van der Waals surface area contributed by atoms with Crippen molar-refractivity contribution in [2.45, 2.75) is 17.9 Å². The number of ether oxygens (including phenoxy) is 2. The maximum absolute atomic E-state index is 11.0. The van der Waals surface area contributed by atoms with Crippen LogP contribution in [0.3, 0.4) is 0 Å². The third-order valence-electron chi connectivity index (χ3n) is 1.78. The van der Waals surface area contributed by atoms with Crippen molar-refractivity contribution in [1.82, 2.24) is 0 Å². The van der Waals surface area contributed by atoms with E-state index in [-0.39, 0.29) is 0 Å². The fourth-order valence-corrected chi connectivity index (χ4v) is 1.20. The molecule has 0 spiro atoms. The summed E-state index contributed by atoms with van der Waals surface area (Å²) in [4.78, 5) is 21.8. The van der Waals surface area contributed by atoms with Crippen molar-refractivity contribution in [3.05, 3.63) is 12.2 Å². The van der Waals surface area contributed by atoms with E-state index in [4.69, 9.17) is 16.3 Å². The normalized spacial score (nSPS) is 28.4. The summed E-state index contributed by atoms with van der Waals surface area (Å²) in [5.74, 6) is -1.12. The Morgan fingerprint density at radius 3 is 2.77 bits per heavy atom. The van der Waals surface area contributed by atoms with Crippen molar-refractivity contribution in [3.8, 4) is 0 Å². The van der Waals surface area contributed by atoms with Gasteiger partial charge in [-0.1, -0.05) is 0 Å². The molecule has 1 aliphatic heterocycles. The maximum Gasteiger partial charge on any atom is 0.331 e. The zero-order valence-electron chi connectivity index (χ0n) is 7.24. The largest absolute Gasteiger partial charge is 0.468 e. The highest BCUT2D eigenvalue weighted by molar-refractivity contribution is 6.31. The van der Waals surface area contributed by atoms with Crippen LogP contribution in [0.25, 0.3) is 0 Å². The molecule has 0 bridgehead atoms. The lowest BCUT2D eigenvalue weighted by atomic mass is 10.0. The lowest BCUT2D eigenvalue weighted by Gasteiger charge is -2.24. The van der Waals surface area contributed by atoms with Gasteiger partial charge in [0.15, 0.2) is 11.0 Å². The molecule has 0 aromatic carbocycles. The van der Waals surface area contributed by atoms with Gasteiger partial charge in [-0.3, -0.25) is 4.79 Å². The van der Waals surface area contributed by atoms with Crippen molar-refractivity contribution in [3.63, 3.8) is 0 Å². The van der Waals surface area contributed by atoms with Gasteiger partial charge in [-0.05, 0) is 13.0 Å². The molecule has 0 aromatic rings. The minimum Gasteiger partial charge on any atom is -0.468 e. The summed E-state index contributed by atoms with van der Waals surface area (Å²) in [6, 6.07) is 0. The average Bonchev–Trinajstić information content (AvgIpc) is 2.45. The molecule has 2 atom stereocenters. The molecule has 0 radical (unpaired) electrons. The summed E-state index contributed by atoms with van der Waals surface area (Å²) in [6.45, 7) is 1.54. The van der Waals surface area contributed by atoms with Crippen LogP contribution in [0.5, 0.6) is 0 Å². The molecule has 0 aliphatic carbocycles. The minimum atomic E-state index is -1.09. The fraction of sp³-hybridized carbons (Fsp3) is 0.500. The Bertz CT molecular complexity index is 273. The molecule has 1 aliphatic rings. The minimum absolute atomic E-state index is 0.503. The quantitative estimate of drug-likeness (QED) is 0.489. The van der Waals surface area contributed by atoms with E-state index < -0.39 is 22.9 Å². The molecule has 72 valence electrons. The van der Waals surface area contributed by atoms with E-state index in [9.17, 15) is 9.59 Å². The van der Waals surface area contributed by atoms with Crippen LogP contribution in [0, 0.1) is 0 Å². The number of halogens is 1. The van der Waals surface area contributed by atoms with Crippen molar-refractivity contribution in [2.75, 3.05) is 7.11 Å². The Morgan fingerprint density at radius 2 is 2.38 bits per heavy atom. The summed E-state index contributed by atoms with van der Waals surface area (Å²) in [5, 5.41) is -1.01. The molecule has 1 rings (SSSR count). The number of carbonyl (C=O) groups excluding carboxylic acids is 2. The highest BCUT2D eigenvalue weighted by Gasteiger charge is 2.42. The Kier molecular flexibility index (Phi) is 2.61. The van der Waals surface area contributed by atoms with Gasteiger partial charge in [0, 0.05) is 6.08 Å². The summed E-state index contributed by atoms with van der Waals surface area (Å²) in [5.41, 5.74) is -1.09. The van der Waals surface area contributed by atoms with E-state index in [0.717, 1.165) is 0 Å². The average molecular weight is 205 g/mol. The van der Waals surface area contributed by atoms with E-state index >= 15 is 0 Å². The third kappa shape index (κ3) is 1.83. The molecule has 0 amide bonds. The van der Waals surface area contributed by atoms with Crippen LogP contribution in [0.2, 0.25) is 0 Å². The number of methoxy groups -OCH3 is 1. The molecule has 0 saturated carbocycles. The van der Waals surface area contributed by atoms with Crippen molar-refractivity contribution in [2.24, 2.45) is 0 Å². The van der Waals surface area contributed by atoms with E-state index in [1.54, 1.807) is 6.92 Å². The molecule has 2 unspecified atom stereocenters. The SMILES string of the molecule is COC(=O)C(Cl)C1(C)C=CC(=O)O1. The Morgan fingerprint density at radius 1 is 1.77 bits per heavy atom. The van der Waals surface area contributed by atoms with Crippen LogP contribution in [-0.4, -0.2) is 30.0 Å². The predicted octanol–water partition coefficient (Wildman–Crippen LogP) is 0.638. The first-order valence-corrected chi connectivity index (χ1v) is 4.07. The summed E-state index contributed by atoms with van der Waals surface area (Å²) >= 11 is 5.74. The number of rotatable bonds is 2. The second kappa shape index (κ2) is 3.38. The predicted molar refractivity (Wildman–Crippen MR) is 45.3 cm³/mol. The lowest BCUT2D eigenvalue weighted by Crippen LogP contribution is -2.41. The highest BCUT2D eigenvalue weighted by atomic mass is 35.5. The maximum atomic E-state index is 11.0. The van der Waals surface area contributed by atoms with E-state index in [1.165, 1.54) is 19.3 Å². The second-order valence-corrected chi connectivity index (χ2v) is 3.26. The molecular weight excluding hydrogens is 196 g/mol. The van der Waals surface area contributed by atoms with E-state index in [2.05, 4.69) is 4.74 Å². The Balaban J connectivity index is 2.77. The van der Waals surface area contributed by atoms with Gasteiger partial charge >= 0.3 is 11.9 Å². The first kappa shape index (κ1) is 10.1. The van der Waals surface area contributed by atoms with Gasteiger partial charge in [0.1, 0.15) is 0 Å². The first-order valence-electron chi connectivity index (χ1n) is 3.64. The van der Waals surface area contributed by atoms with Crippen molar-refractivity contribution in [1.29, 1.82) is 0 Å². The van der Waals surface area contributed by atoms with Gasteiger partial charge < -0.3 is 9.47 Å². The molecule has 0 aromatic heterocycles. The topological polar surface area (TPSA) is 52.6 Å². The zero-order valence-corrected chi connectivity index (χ0v) is 8.00. The molecular formula is C8H9ClO4. The first-order chi connectivity index (χ1) is 5.99. The van der Waals surface area contributed by atoms with Gasteiger partial charge in [-0.2, -0.15) is 0 Å². The van der Waals surface area contributed by atoms with E-state index in [1.807, 2.05) is 0 Å². The molecule has 4 nitrogen and oxygen atoms in total. The number of alkyl halides is 1. The number of hydrogen-bond donors (Lipinski definition) is 0. The Labute approximate surface area is 80.5 Å². The zero-order chi connectivity index (χ0) is 10.1. The molecule has 0 saturated heterocycles. The molecule has 13 heavy (non-hydrogen) atoms. The fourth-order valence-electron chi connectivity index (χ4n) is 0.992. The van der Waals surface area contributed by atoms with Crippen LogP contribution in [0.4, 0.5) is 0 Å². The standard InChI is InChI=1S/C8H9ClO4/c1-8(4-3-5(10)13-8)6(9)7(11)12-2/h3-4,6H,1-2H3.